The Bertz CT molecular complexity index is 2220. The predicted molar refractivity (Wildman–Crippen MR) is 195 cm³/mol. The first-order chi connectivity index (χ1) is 25.3. The minimum absolute atomic E-state index is 0.0522. The Balaban J connectivity index is 1.33. The summed E-state index contributed by atoms with van der Waals surface area (Å²) in [6.45, 7) is 3.50. The van der Waals surface area contributed by atoms with E-state index in [1.807, 2.05) is 6.08 Å². The first-order valence-electron chi connectivity index (χ1n) is 17.3. The molecule has 6 atom stereocenters. The number of carbonyl (C=O) groups excluding carboxylic acids is 4. The molecule has 13 heteroatoms. The quantitative estimate of drug-likeness (QED) is 0.127. The van der Waals surface area contributed by atoms with E-state index in [0.29, 0.717) is 33.0 Å². The first kappa shape index (κ1) is 34.8. The van der Waals surface area contributed by atoms with E-state index >= 15 is 4.79 Å². The largest absolute Gasteiger partial charge is 0.507 e. The Labute approximate surface area is 309 Å². The molecule has 2 aliphatic heterocycles. The van der Waals surface area contributed by atoms with Gasteiger partial charge in [0.1, 0.15) is 11.6 Å². The van der Waals surface area contributed by atoms with Crippen LogP contribution in [0.5, 0.6) is 5.75 Å². The van der Waals surface area contributed by atoms with E-state index in [4.69, 9.17) is 11.6 Å². The van der Waals surface area contributed by atoms with Gasteiger partial charge in [-0.1, -0.05) is 59.6 Å². The van der Waals surface area contributed by atoms with Crippen molar-refractivity contribution in [3.8, 4) is 5.75 Å². The highest BCUT2D eigenvalue weighted by atomic mass is 35.5. The highest BCUT2D eigenvalue weighted by molar-refractivity contribution is 6.58. The molecule has 10 nitrogen and oxygen atoms in total. The smallest absolute Gasteiger partial charge is 0.488 e. The molecule has 4 amide bonds. The van der Waals surface area contributed by atoms with Crippen LogP contribution in [0.1, 0.15) is 41.0 Å². The number of hydrogen-bond donors (Lipinski definition) is 4. The molecule has 8 rings (SSSR count). The number of anilines is 2. The third-order valence-corrected chi connectivity index (χ3v) is 11.8. The van der Waals surface area contributed by atoms with Crippen LogP contribution in [0, 0.1) is 43.3 Å². The SMILES string of the molecule is Cc1cc([C@H]2C3=CC[C@@H]4C(=O)N(c5cccc(B(O)O)c5)C(=O)[C@@H]4[C@@H]3C[C@H]3C(=O)N(Nc4ccc(F)cc4)C(=O)[C@@]23c2ccc(Cl)cc2)cc(C)c1O. The van der Waals surface area contributed by atoms with Crippen molar-refractivity contribution >= 4 is 59.2 Å². The molecule has 1 saturated carbocycles. The fourth-order valence-electron chi connectivity index (χ4n) is 9.27. The zero-order valence-corrected chi connectivity index (χ0v) is 29.4. The fraction of sp³-hybridized carbons (Fsp3) is 0.250. The van der Waals surface area contributed by atoms with Crippen LogP contribution in [-0.4, -0.2) is 50.9 Å². The molecule has 4 aromatic rings. The normalized spacial score (nSPS) is 26.3. The highest BCUT2D eigenvalue weighted by Crippen LogP contribution is 2.64. The van der Waals surface area contributed by atoms with Crippen molar-refractivity contribution in [1.82, 2.24) is 5.01 Å². The number of hydrazine groups is 1. The molecule has 4 N–H and O–H groups in total. The number of aromatic hydroxyl groups is 1. The number of carbonyl (C=O) groups is 4. The van der Waals surface area contributed by atoms with Crippen LogP contribution in [-0.2, 0) is 24.6 Å². The summed E-state index contributed by atoms with van der Waals surface area (Å²) in [6, 6.07) is 21.6. The number of aryl methyl sites for hydroxylation is 2. The predicted octanol–water partition coefficient (Wildman–Crippen LogP) is 4.67. The number of phenolic OH excluding ortho intramolecular Hbond substituents is 1. The average molecular weight is 734 g/mol. The second kappa shape index (κ2) is 12.7. The lowest BCUT2D eigenvalue weighted by Gasteiger charge is -2.50. The van der Waals surface area contributed by atoms with Gasteiger partial charge >= 0.3 is 7.12 Å². The maximum atomic E-state index is 15.3. The molecule has 0 bridgehead atoms. The van der Waals surface area contributed by atoms with Gasteiger partial charge in [0.15, 0.2) is 0 Å². The zero-order chi connectivity index (χ0) is 37.5. The lowest BCUT2D eigenvalue weighted by atomic mass is 9.49. The van der Waals surface area contributed by atoms with Crippen LogP contribution < -0.4 is 15.8 Å². The monoisotopic (exact) mass is 733 g/mol. The number of nitrogens with zero attached hydrogens (tertiary/aromatic N) is 2. The molecule has 2 heterocycles. The number of allylic oxidation sites excluding steroid dienone is 2. The Morgan fingerprint density at radius 2 is 1.55 bits per heavy atom. The fourth-order valence-corrected chi connectivity index (χ4v) is 9.39. The van der Waals surface area contributed by atoms with Gasteiger partial charge in [-0.25, -0.2) is 4.39 Å². The number of nitrogens with one attached hydrogen (secondary N) is 1. The second-order valence-corrected chi connectivity index (χ2v) is 14.8. The summed E-state index contributed by atoms with van der Waals surface area (Å²) in [7, 11) is -1.81. The van der Waals surface area contributed by atoms with Gasteiger partial charge in [-0.2, -0.15) is 5.01 Å². The number of imide groups is 2. The molecule has 2 aliphatic carbocycles. The van der Waals surface area contributed by atoms with E-state index in [9.17, 15) is 33.9 Å². The van der Waals surface area contributed by atoms with Crippen LogP contribution in [0.25, 0.3) is 0 Å². The van der Waals surface area contributed by atoms with Gasteiger partial charge in [-0.3, -0.25) is 29.5 Å². The average Bonchev–Trinajstić information content (AvgIpc) is 3.52. The van der Waals surface area contributed by atoms with Crippen LogP contribution >= 0.6 is 11.6 Å². The van der Waals surface area contributed by atoms with Gasteiger partial charge in [0.2, 0.25) is 11.8 Å². The van der Waals surface area contributed by atoms with Crippen molar-refractivity contribution in [1.29, 1.82) is 0 Å². The number of halogens is 2. The second-order valence-electron chi connectivity index (χ2n) is 14.4. The Hall–Kier alpha value is -5.30. The lowest BCUT2D eigenvalue weighted by molar-refractivity contribution is -0.138. The van der Waals surface area contributed by atoms with Gasteiger partial charge in [0.05, 0.1) is 34.5 Å². The van der Waals surface area contributed by atoms with E-state index in [0.717, 1.165) is 15.5 Å². The van der Waals surface area contributed by atoms with Gasteiger partial charge in [0.25, 0.3) is 11.8 Å². The highest BCUT2D eigenvalue weighted by Gasteiger charge is 2.70. The summed E-state index contributed by atoms with van der Waals surface area (Å²) in [4.78, 5) is 59.8. The summed E-state index contributed by atoms with van der Waals surface area (Å²) in [5.74, 6) is -6.56. The van der Waals surface area contributed by atoms with Gasteiger partial charge in [-0.05, 0) is 109 Å². The Morgan fingerprint density at radius 1 is 0.868 bits per heavy atom. The summed E-state index contributed by atoms with van der Waals surface area (Å²) >= 11 is 6.36. The number of benzene rings is 4. The number of fused-ring (bicyclic) bond motifs is 4. The van der Waals surface area contributed by atoms with Crippen molar-refractivity contribution < 1.29 is 38.7 Å². The van der Waals surface area contributed by atoms with E-state index in [-0.39, 0.29) is 29.7 Å². The van der Waals surface area contributed by atoms with Crippen LogP contribution in [0.3, 0.4) is 0 Å². The summed E-state index contributed by atoms with van der Waals surface area (Å²) < 4.78 is 13.9. The first-order valence-corrected chi connectivity index (χ1v) is 17.7. The molecular weight excluding hydrogens is 700 g/mol. The third kappa shape index (κ3) is 5.22. The standard InChI is InChI=1S/C40H34BClFN3O7/c1-20-16-22(17-21(2)35(20)47)34-29-14-15-30-33(38(50)45(36(30)48)28-5-3-4-24(18-28)41(52)53)31(29)19-32-37(49)46(44-27-12-10-26(43)11-13-27)39(51)40(32,34)23-6-8-25(42)9-7-23/h3-14,16-18,30-34,44,47,52-53H,15,19H2,1-2H3/t30-,31+,32-,33-,34-,40+/m0/s1. The molecule has 0 spiro atoms. The minimum Gasteiger partial charge on any atom is -0.507 e. The summed E-state index contributed by atoms with van der Waals surface area (Å²) in [6.07, 6.45) is 2.17. The van der Waals surface area contributed by atoms with Crippen molar-refractivity contribution in [2.75, 3.05) is 10.3 Å². The van der Waals surface area contributed by atoms with E-state index in [1.54, 1.807) is 56.3 Å². The molecule has 0 unspecified atom stereocenters. The maximum absolute atomic E-state index is 15.3. The number of rotatable bonds is 6. The number of hydrogen-bond acceptors (Lipinski definition) is 8. The van der Waals surface area contributed by atoms with E-state index < -0.39 is 71.6 Å². The third-order valence-electron chi connectivity index (χ3n) is 11.5. The topological polar surface area (TPSA) is 147 Å². The van der Waals surface area contributed by atoms with Gasteiger partial charge in [0, 0.05) is 10.9 Å². The molecule has 4 aliphatic rings. The van der Waals surface area contributed by atoms with E-state index in [1.165, 1.54) is 42.5 Å². The van der Waals surface area contributed by atoms with Gasteiger partial charge in [-0.15, -0.1) is 0 Å². The van der Waals surface area contributed by atoms with Crippen molar-refractivity contribution in [3.05, 3.63) is 130 Å². The van der Waals surface area contributed by atoms with Crippen LogP contribution in [0.4, 0.5) is 15.8 Å². The molecule has 2 saturated heterocycles. The summed E-state index contributed by atoms with van der Waals surface area (Å²) in [5, 5.41) is 31.9. The molecule has 53 heavy (non-hydrogen) atoms. The molecule has 4 aromatic carbocycles. The Morgan fingerprint density at radius 3 is 2.21 bits per heavy atom. The van der Waals surface area contributed by atoms with Crippen LogP contribution in [0.15, 0.2) is 96.6 Å². The molecular formula is C40H34BClFN3O7. The molecule has 0 radical (unpaired) electrons. The number of phenols is 1. The molecule has 268 valence electrons. The maximum Gasteiger partial charge on any atom is 0.488 e. The number of amides is 4. The van der Waals surface area contributed by atoms with Crippen molar-refractivity contribution in [2.45, 2.75) is 38.0 Å². The van der Waals surface area contributed by atoms with E-state index in [2.05, 4.69) is 5.43 Å². The molecule has 0 aromatic heterocycles. The Kier molecular flexibility index (Phi) is 8.32. The van der Waals surface area contributed by atoms with Crippen molar-refractivity contribution in [2.24, 2.45) is 23.7 Å². The summed E-state index contributed by atoms with van der Waals surface area (Å²) in [5.41, 5.74) is 5.02. The van der Waals surface area contributed by atoms with Crippen molar-refractivity contribution in [3.63, 3.8) is 0 Å². The molecule has 3 fully saturated rings. The minimum atomic E-state index is -1.81. The lowest BCUT2D eigenvalue weighted by Crippen LogP contribution is -2.53. The van der Waals surface area contributed by atoms with Gasteiger partial charge < -0.3 is 15.2 Å². The zero-order valence-electron chi connectivity index (χ0n) is 28.7. The van der Waals surface area contributed by atoms with Crippen LogP contribution in [0.2, 0.25) is 5.02 Å².